The lowest BCUT2D eigenvalue weighted by atomic mass is 10.0. The maximum atomic E-state index is 6.04. The first-order valence-electron chi connectivity index (χ1n) is 9.14. The van der Waals surface area contributed by atoms with Crippen molar-refractivity contribution in [2.45, 2.75) is 13.8 Å². The zero-order valence-corrected chi connectivity index (χ0v) is 16.2. The summed E-state index contributed by atoms with van der Waals surface area (Å²) in [6, 6.07) is 9.60. The van der Waals surface area contributed by atoms with Gasteiger partial charge < -0.3 is 13.9 Å². The lowest BCUT2D eigenvalue weighted by molar-refractivity contribution is 0.399. The van der Waals surface area contributed by atoms with Crippen LogP contribution >= 0.6 is 0 Å². The summed E-state index contributed by atoms with van der Waals surface area (Å²) in [6.45, 7) is 4.01. The Labute approximate surface area is 166 Å². The van der Waals surface area contributed by atoms with Gasteiger partial charge in [-0.1, -0.05) is 0 Å². The molecule has 5 aromatic rings. The lowest BCUT2D eigenvalue weighted by Crippen LogP contribution is -2.02. The average Bonchev–Trinajstić information content (AvgIpc) is 3.38. The van der Waals surface area contributed by atoms with E-state index in [0.717, 1.165) is 33.5 Å². The quantitative estimate of drug-likeness (QED) is 0.435. The van der Waals surface area contributed by atoms with Crippen molar-refractivity contribution in [3.63, 3.8) is 0 Å². The summed E-state index contributed by atoms with van der Waals surface area (Å²) in [6.07, 6.45) is 6.95. The van der Waals surface area contributed by atoms with Gasteiger partial charge in [0.2, 0.25) is 11.5 Å². The van der Waals surface area contributed by atoms with Crippen LogP contribution in [-0.4, -0.2) is 26.5 Å². The molecule has 0 atom stereocenters. The number of nitrogens with zero attached hydrogens (tertiary/aromatic N) is 4. The molecule has 0 aliphatic rings. The third kappa shape index (κ3) is 2.79. The molecule has 0 N–H and O–H groups in total. The smallest absolute Gasteiger partial charge is 0.258 e. The first-order chi connectivity index (χ1) is 14.2. The van der Waals surface area contributed by atoms with E-state index < -0.39 is 0 Å². The van der Waals surface area contributed by atoms with Crippen molar-refractivity contribution >= 4 is 16.6 Å². The van der Waals surface area contributed by atoms with Gasteiger partial charge in [0.1, 0.15) is 11.3 Å². The van der Waals surface area contributed by atoms with Crippen LogP contribution in [0, 0.1) is 13.8 Å². The van der Waals surface area contributed by atoms with Gasteiger partial charge in [-0.15, -0.1) is 0 Å². The molecule has 0 unspecified atom stereocenters. The van der Waals surface area contributed by atoms with Crippen LogP contribution in [0.15, 0.2) is 59.6 Å². The molecule has 1 aromatic carbocycles. The third-order valence-electron chi connectivity index (χ3n) is 4.89. The topological polar surface area (TPSA) is 74.7 Å². The molecule has 4 heterocycles. The van der Waals surface area contributed by atoms with E-state index in [9.17, 15) is 0 Å². The van der Waals surface area contributed by atoms with Gasteiger partial charge in [-0.3, -0.25) is 4.40 Å². The molecule has 0 bridgehead atoms. The summed E-state index contributed by atoms with van der Waals surface area (Å²) in [7, 11) is 1.60. The highest BCUT2D eigenvalue weighted by atomic mass is 16.5. The molecule has 5 rings (SSSR count). The zero-order chi connectivity index (χ0) is 20.0. The van der Waals surface area contributed by atoms with E-state index in [0.29, 0.717) is 23.2 Å². The van der Waals surface area contributed by atoms with E-state index in [2.05, 4.69) is 15.0 Å². The number of hydrogen-bond acceptors (Lipinski definition) is 6. The van der Waals surface area contributed by atoms with E-state index >= 15 is 0 Å². The van der Waals surface area contributed by atoms with E-state index in [1.54, 1.807) is 25.8 Å². The van der Waals surface area contributed by atoms with Crippen LogP contribution in [0.3, 0.4) is 0 Å². The summed E-state index contributed by atoms with van der Waals surface area (Å²) in [4.78, 5) is 13.3. The van der Waals surface area contributed by atoms with Crippen molar-refractivity contribution in [3.05, 3.63) is 66.4 Å². The van der Waals surface area contributed by atoms with Gasteiger partial charge in [0.25, 0.3) is 5.88 Å². The maximum Gasteiger partial charge on any atom is 0.258 e. The van der Waals surface area contributed by atoms with Gasteiger partial charge in [0.05, 0.1) is 30.1 Å². The van der Waals surface area contributed by atoms with Crippen LogP contribution in [-0.2, 0) is 0 Å². The summed E-state index contributed by atoms with van der Waals surface area (Å²) in [5.41, 5.74) is 5.34. The van der Waals surface area contributed by atoms with E-state index in [1.165, 1.54) is 0 Å². The first kappa shape index (κ1) is 17.2. The van der Waals surface area contributed by atoms with Gasteiger partial charge in [-0.25, -0.2) is 15.0 Å². The van der Waals surface area contributed by atoms with Crippen LogP contribution in [0.1, 0.15) is 11.3 Å². The highest BCUT2D eigenvalue weighted by Crippen LogP contribution is 2.34. The summed E-state index contributed by atoms with van der Waals surface area (Å²) < 4.78 is 18.8. The van der Waals surface area contributed by atoms with Gasteiger partial charge in [-0.05, 0) is 49.7 Å². The maximum absolute atomic E-state index is 6.04. The standard InChI is InChI=1S/C22H18N4O3/c1-13-12-15(29-21-17-7-11-28-18(17)6-8-24-21)4-5-16(13)19-14(2)25-22(27-3)20-23-9-10-26(19)20/h4-12H,1-3H3. The molecular formula is C22H18N4O3. The molecule has 0 fully saturated rings. The predicted octanol–water partition coefficient (Wildman–Crippen LogP) is 4.96. The number of imidazole rings is 1. The number of aryl methyl sites for hydroxylation is 2. The number of furan rings is 1. The fourth-order valence-corrected chi connectivity index (χ4v) is 3.56. The summed E-state index contributed by atoms with van der Waals surface area (Å²) in [5, 5.41) is 0.838. The van der Waals surface area contributed by atoms with Crippen molar-refractivity contribution in [3.8, 4) is 28.8 Å². The molecule has 4 aromatic heterocycles. The van der Waals surface area contributed by atoms with Gasteiger partial charge >= 0.3 is 0 Å². The second-order valence-electron chi connectivity index (χ2n) is 6.70. The number of benzene rings is 1. The molecule has 29 heavy (non-hydrogen) atoms. The zero-order valence-electron chi connectivity index (χ0n) is 16.2. The second kappa shape index (κ2) is 6.63. The summed E-state index contributed by atoms with van der Waals surface area (Å²) >= 11 is 0. The number of pyridine rings is 1. The van der Waals surface area contributed by atoms with Crippen LogP contribution in [0.25, 0.3) is 27.9 Å². The Balaban J connectivity index is 1.57. The number of fused-ring (bicyclic) bond motifs is 2. The lowest BCUT2D eigenvalue weighted by Gasteiger charge is -2.14. The molecule has 0 saturated heterocycles. The fraction of sp³-hybridized carbons (Fsp3) is 0.136. The molecular weight excluding hydrogens is 368 g/mol. The normalized spacial score (nSPS) is 11.3. The Kier molecular flexibility index (Phi) is 3.94. The SMILES string of the molecule is COc1nc(C)c(-c2ccc(Oc3nccc4occc34)cc2C)n2ccnc12. The minimum atomic E-state index is 0.508. The van der Waals surface area contributed by atoms with Crippen LogP contribution < -0.4 is 9.47 Å². The fourth-order valence-electron chi connectivity index (χ4n) is 3.56. The third-order valence-corrected chi connectivity index (χ3v) is 4.89. The molecule has 0 radical (unpaired) electrons. The van der Waals surface area contributed by atoms with Gasteiger partial charge in [0.15, 0.2) is 0 Å². The first-order valence-corrected chi connectivity index (χ1v) is 9.14. The van der Waals surface area contributed by atoms with Crippen LogP contribution in [0.4, 0.5) is 0 Å². The van der Waals surface area contributed by atoms with Gasteiger partial charge in [-0.2, -0.15) is 0 Å². The Morgan fingerprint density at radius 2 is 1.90 bits per heavy atom. The molecule has 0 spiro atoms. The Hall–Kier alpha value is -3.87. The molecule has 0 amide bonds. The van der Waals surface area contributed by atoms with Crippen molar-refractivity contribution in [2.24, 2.45) is 0 Å². The number of aromatic nitrogens is 4. The Bertz CT molecular complexity index is 1350. The summed E-state index contributed by atoms with van der Waals surface area (Å²) in [5.74, 6) is 1.73. The molecule has 144 valence electrons. The number of ether oxygens (including phenoxy) is 2. The largest absolute Gasteiger partial charge is 0.478 e. The predicted molar refractivity (Wildman–Crippen MR) is 109 cm³/mol. The molecule has 7 nitrogen and oxygen atoms in total. The number of methoxy groups -OCH3 is 1. The van der Waals surface area contributed by atoms with E-state index in [1.807, 2.05) is 54.8 Å². The van der Waals surface area contributed by atoms with Crippen molar-refractivity contribution in [2.75, 3.05) is 7.11 Å². The Morgan fingerprint density at radius 1 is 1.00 bits per heavy atom. The second-order valence-corrected chi connectivity index (χ2v) is 6.70. The number of hydrogen-bond donors (Lipinski definition) is 0. The highest BCUT2D eigenvalue weighted by molar-refractivity contribution is 5.82. The molecule has 7 heteroatoms. The minimum Gasteiger partial charge on any atom is -0.478 e. The van der Waals surface area contributed by atoms with Crippen molar-refractivity contribution in [1.82, 2.24) is 19.4 Å². The molecule has 0 saturated carbocycles. The van der Waals surface area contributed by atoms with Crippen LogP contribution in [0.5, 0.6) is 17.5 Å². The van der Waals surface area contributed by atoms with Gasteiger partial charge in [0, 0.05) is 24.2 Å². The van der Waals surface area contributed by atoms with Crippen molar-refractivity contribution < 1.29 is 13.9 Å². The van der Waals surface area contributed by atoms with E-state index in [4.69, 9.17) is 13.9 Å². The average molecular weight is 386 g/mol. The minimum absolute atomic E-state index is 0.508. The number of rotatable bonds is 4. The highest BCUT2D eigenvalue weighted by Gasteiger charge is 2.16. The monoisotopic (exact) mass is 386 g/mol. The van der Waals surface area contributed by atoms with Crippen LogP contribution in [0.2, 0.25) is 0 Å². The molecule has 0 aliphatic carbocycles. The molecule has 0 aliphatic heterocycles. The Morgan fingerprint density at radius 3 is 2.72 bits per heavy atom. The van der Waals surface area contributed by atoms with Crippen molar-refractivity contribution in [1.29, 1.82) is 0 Å². The van der Waals surface area contributed by atoms with E-state index in [-0.39, 0.29) is 0 Å².